The second-order valence-corrected chi connectivity index (χ2v) is 14.8. The molecule has 3 N–H and O–H groups in total. The fraction of sp³-hybridized carbons (Fsp3) is 0.621. The molecule has 3 fully saturated rings. The number of aromatic nitrogens is 4. The molecule has 0 spiro atoms. The summed E-state index contributed by atoms with van der Waals surface area (Å²) in [7, 11) is -0.147. The second kappa shape index (κ2) is 11.6. The van der Waals surface area contributed by atoms with Crippen molar-refractivity contribution in [2.75, 3.05) is 19.5 Å². The number of aliphatic hydroxyl groups is 3. The van der Waals surface area contributed by atoms with Gasteiger partial charge in [-0.15, -0.1) is 5.10 Å². The SMILES string of the molecule is CO[C@H]1C[SH](C(c2noc(C3CC3)c2C)C2(O)CCC(F)(F)CC2)[C@H](CO)[C@H](O)[C@@H]1n1cc(-c2cc(F)c(F)c(F)c2)nn1. The number of alkyl halides is 2. The van der Waals surface area contributed by atoms with E-state index in [4.69, 9.17) is 9.26 Å². The molecular formula is C29H35F5N4O5S. The average Bonchev–Trinajstić information content (AvgIpc) is 3.59. The van der Waals surface area contributed by atoms with Gasteiger partial charge in [-0.2, -0.15) is 0 Å². The van der Waals surface area contributed by atoms with Crippen LogP contribution in [0.3, 0.4) is 0 Å². The fourth-order valence-corrected chi connectivity index (χ4v) is 10.6. The number of methoxy groups -OCH3 is 1. The van der Waals surface area contributed by atoms with Crippen molar-refractivity contribution in [1.29, 1.82) is 0 Å². The molecule has 1 saturated heterocycles. The molecule has 3 aromatic rings. The van der Waals surface area contributed by atoms with E-state index in [1.54, 1.807) is 0 Å². The Hall–Kier alpha value is -2.59. The number of aliphatic hydroxyl groups excluding tert-OH is 2. The Kier molecular flexibility index (Phi) is 8.31. The molecule has 2 unspecified atom stereocenters. The molecule has 3 aliphatic rings. The number of ether oxygens (including phenoxy) is 1. The number of hydrogen-bond donors (Lipinski definition) is 4. The number of rotatable bonds is 8. The smallest absolute Gasteiger partial charge is 0.248 e. The van der Waals surface area contributed by atoms with Crippen LogP contribution < -0.4 is 0 Å². The summed E-state index contributed by atoms with van der Waals surface area (Å²) in [5.41, 5.74) is -0.456. The summed E-state index contributed by atoms with van der Waals surface area (Å²) < 4.78 is 82.7. The zero-order valence-electron chi connectivity index (χ0n) is 24.1. The minimum atomic E-state index is -2.91. The molecule has 0 radical (unpaired) electrons. The second-order valence-electron chi connectivity index (χ2n) is 12.2. The molecule has 15 heteroatoms. The number of nitrogens with zero attached hydrogens (tertiary/aromatic N) is 4. The third-order valence-corrected chi connectivity index (χ3v) is 12.9. The highest BCUT2D eigenvalue weighted by molar-refractivity contribution is 8.18. The minimum Gasteiger partial charge on any atom is -0.395 e. The fourth-order valence-electron chi connectivity index (χ4n) is 6.79. The molecule has 1 aliphatic heterocycles. The summed E-state index contributed by atoms with van der Waals surface area (Å²) in [6.07, 6.45) is -0.251. The zero-order chi connectivity index (χ0) is 31.6. The summed E-state index contributed by atoms with van der Waals surface area (Å²) in [6, 6.07) is 0.643. The Morgan fingerprint density at radius 3 is 2.39 bits per heavy atom. The van der Waals surface area contributed by atoms with Gasteiger partial charge in [0.05, 0.1) is 35.9 Å². The molecule has 6 atom stereocenters. The molecule has 44 heavy (non-hydrogen) atoms. The van der Waals surface area contributed by atoms with Crippen LogP contribution in [0.5, 0.6) is 0 Å². The average molecular weight is 647 g/mol. The molecule has 0 bridgehead atoms. The van der Waals surface area contributed by atoms with Gasteiger partial charge < -0.3 is 24.6 Å². The number of halogens is 5. The van der Waals surface area contributed by atoms with Crippen molar-refractivity contribution < 1.29 is 46.5 Å². The van der Waals surface area contributed by atoms with Crippen LogP contribution >= 0.6 is 10.9 Å². The molecule has 2 aliphatic carbocycles. The van der Waals surface area contributed by atoms with Crippen LogP contribution in [0.25, 0.3) is 11.3 Å². The van der Waals surface area contributed by atoms with Gasteiger partial charge in [0.1, 0.15) is 23.2 Å². The maximum absolute atomic E-state index is 14.3. The Labute approximate surface area is 252 Å². The largest absolute Gasteiger partial charge is 0.395 e. The highest BCUT2D eigenvalue weighted by atomic mass is 32.2. The van der Waals surface area contributed by atoms with Gasteiger partial charge in [-0.05, 0) is 44.7 Å². The zero-order valence-corrected chi connectivity index (χ0v) is 25.0. The van der Waals surface area contributed by atoms with E-state index < -0.39 is 88.1 Å². The molecule has 9 nitrogen and oxygen atoms in total. The van der Waals surface area contributed by atoms with Gasteiger partial charge in [0.25, 0.3) is 0 Å². The summed E-state index contributed by atoms with van der Waals surface area (Å²) in [6.45, 7) is 1.34. The predicted molar refractivity (Wildman–Crippen MR) is 150 cm³/mol. The number of thiol groups is 1. The first-order chi connectivity index (χ1) is 20.9. The molecule has 1 aromatic carbocycles. The van der Waals surface area contributed by atoms with E-state index in [2.05, 4.69) is 15.5 Å². The highest BCUT2D eigenvalue weighted by Gasteiger charge is 2.55. The predicted octanol–water partition coefficient (Wildman–Crippen LogP) is 4.51. The van der Waals surface area contributed by atoms with E-state index >= 15 is 0 Å². The summed E-state index contributed by atoms with van der Waals surface area (Å²) in [5.74, 6) is -6.19. The normalized spacial score (nSPS) is 29.9. The van der Waals surface area contributed by atoms with Crippen LogP contribution in [0.1, 0.15) is 72.8 Å². The van der Waals surface area contributed by atoms with E-state index in [-0.39, 0.29) is 35.8 Å². The van der Waals surface area contributed by atoms with Gasteiger partial charge in [-0.3, -0.25) is 0 Å². The summed E-state index contributed by atoms with van der Waals surface area (Å²) >= 11 is 0. The van der Waals surface area contributed by atoms with E-state index in [1.807, 2.05) is 6.92 Å². The lowest BCUT2D eigenvalue weighted by Crippen LogP contribution is -2.54. The van der Waals surface area contributed by atoms with Crippen LogP contribution in [0.2, 0.25) is 0 Å². The van der Waals surface area contributed by atoms with Crippen molar-refractivity contribution >= 4 is 10.9 Å². The topological polar surface area (TPSA) is 127 Å². The summed E-state index contributed by atoms with van der Waals surface area (Å²) in [4.78, 5) is 0. The molecule has 2 aromatic heterocycles. The van der Waals surface area contributed by atoms with Crippen molar-refractivity contribution in [3.63, 3.8) is 0 Å². The number of hydrogen-bond acceptors (Lipinski definition) is 8. The number of benzene rings is 1. The van der Waals surface area contributed by atoms with E-state index in [0.717, 1.165) is 30.5 Å². The first-order valence-corrected chi connectivity index (χ1v) is 16.2. The molecule has 3 heterocycles. The molecule has 2 saturated carbocycles. The van der Waals surface area contributed by atoms with Crippen LogP contribution in [-0.2, 0) is 4.74 Å². The maximum atomic E-state index is 14.3. The first kappa shape index (κ1) is 31.4. The van der Waals surface area contributed by atoms with Crippen molar-refractivity contribution in [2.24, 2.45) is 0 Å². The quantitative estimate of drug-likeness (QED) is 0.160. The first-order valence-electron chi connectivity index (χ1n) is 14.6. The van der Waals surface area contributed by atoms with Gasteiger partial charge in [-0.1, -0.05) is 10.4 Å². The maximum Gasteiger partial charge on any atom is 0.248 e. The Balaban J connectivity index is 1.36. The van der Waals surface area contributed by atoms with Gasteiger partial charge >= 0.3 is 0 Å². The highest BCUT2D eigenvalue weighted by Crippen LogP contribution is 2.62. The van der Waals surface area contributed by atoms with E-state index in [9.17, 15) is 37.3 Å². The standard InChI is InChI=1S/C29H35F5N4O5S/c1-14-23(36-43-26(14)15-3-4-15)27(28(41)5-7-29(33,34)8-6-28)44-13-20(42-2)24(25(40)21(44)12-39)38-11-19(35-37-38)16-9-17(30)22(32)18(31)10-16/h9-11,15,20-21,24-25,27,39-41,44H,3-8,12-13H2,1-2H3/t20-,21+,24+,25-,27?/m0/s1. The lowest BCUT2D eigenvalue weighted by molar-refractivity contribution is -0.105. The van der Waals surface area contributed by atoms with Crippen LogP contribution in [0, 0.1) is 24.4 Å². The van der Waals surface area contributed by atoms with Gasteiger partial charge in [0.15, 0.2) is 17.5 Å². The Morgan fingerprint density at radius 2 is 1.80 bits per heavy atom. The lowest BCUT2D eigenvalue weighted by atomic mass is 9.79. The van der Waals surface area contributed by atoms with Gasteiger partial charge in [0, 0.05) is 48.0 Å². The Bertz CT molecular complexity index is 1480. The van der Waals surface area contributed by atoms with Gasteiger partial charge in [0.2, 0.25) is 5.92 Å². The molecule has 242 valence electrons. The third kappa shape index (κ3) is 5.54. The van der Waals surface area contributed by atoms with Crippen molar-refractivity contribution in [2.45, 2.75) is 91.6 Å². The summed E-state index contributed by atoms with van der Waals surface area (Å²) in [5, 5.41) is 45.3. The van der Waals surface area contributed by atoms with Gasteiger partial charge in [-0.25, -0.2) is 37.5 Å². The van der Waals surface area contributed by atoms with E-state index in [0.29, 0.717) is 11.5 Å². The van der Waals surface area contributed by atoms with E-state index in [1.165, 1.54) is 18.0 Å². The lowest BCUT2D eigenvalue weighted by Gasteiger charge is -2.53. The van der Waals surface area contributed by atoms with Crippen LogP contribution in [0.4, 0.5) is 22.0 Å². The minimum absolute atomic E-state index is 0.0133. The van der Waals surface area contributed by atoms with Crippen LogP contribution in [-0.4, -0.2) is 83.9 Å². The molecule has 0 amide bonds. The van der Waals surface area contributed by atoms with Crippen molar-refractivity contribution in [1.82, 2.24) is 20.2 Å². The Morgan fingerprint density at radius 1 is 1.14 bits per heavy atom. The van der Waals surface area contributed by atoms with Crippen molar-refractivity contribution in [3.05, 3.63) is 52.8 Å². The third-order valence-electron chi connectivity index (χ3n) is 9.42. The monoisotopic (exact) mass is 646 g/mol. The van der Waals surface area contributed by atoms with Crippen LogP contribution in [0.15, 0.2) is 22.9 Å². The molecule has 6 rings (SSSR count). The van der Waals surface area contributed by atoms with Crippen molar-refractivity contribution in [3.8, 4) is 11.3 Å². The molecular weight excluding hydrogens is 611 g/mol.